The highest BCUT2D eigenvalue weighted by Crippen LogP contribution is 2.35. The molecule has 150 valence electrons. The average Bonchev–Trinajstić information content (AvgIpc) is 2.63. The third-order valence-corrected chi connectivity index (χ3v) is 10.0. The van der Waals surface area contributed by atoms with E-state index in [1.165, 1.54) is 6.92 Å². The van der Waals surface area contributed by atoms with Crippen molar-refractivity contribution in [3.05, 3.63) is 0 Å². The van der Waals surface area contributed by atoms with Crippen LogP contribution in [-0.4, -0.2) is 72.8 Å². The molecular formula is C15H34O8Si2. The van der Waals surface area contributed by atoms with E-state index in [9.17, 15) is 4.79 Å². The van der Waals surface area contributed by atoms with Crippen LogP contribution in [0.3, 0.4) is 0 Å². The molecule has 0 saturated heterocycles. The average molecular weight is 399 g/mol. The zero-order chi connectivity index (χ0) is 19.6. The van der Waals surface area contributed by atoms with Crippen LogP contribution in [-0.2, 0) is 36.1 Å². The van der Waals surface area contributed by atoms with Gasteiger partial charge in [-0.2, -0.15) is 0 Å². The smallest absolute Gasteiger partial charge is 0.465 e. The lowest BCUT2D eigenvalue weighted by Crippen LogP contribution is -2.46. The van der Waals surface area contributed by atoms with Gasteiger partial charge in [0, 0.05) is 67.1 Å². The van der Waals surface area contributed by atoms with E-state index in [4.69, 9.17) is 31.3 Å². The van der Waals surface area contributed by atoms with Crippen LogP contribution in [0, 0.1) is 5.41 Å². The van der Waals surface area contributed by atoms with Gasteiger partial charge in [0.05, 0.1) is 6.61 Å². The van der Waals surface area contributed by atoms with Gasteiger partial charge in [-0.25, -0.2) is 0 Å². The minimum Gasteiger partial charge on any atom is -0.465 e. The van der Waals surface area contributed by atoms with Crippen molar-refractivity contribution in [3.8, 4) is 0 Å². The normalized spacial score (nSPS) is 13.1. The Labute approximate surface area is 153 Å². The van der Waals surface area contributed by atoms with Gasteiger partial charge in [-0.1, -0.05) is 6.92 Å². The van der Waals surface area contributed by atoms with Crippen LogP contribution in [0.4, 0.5) is 0 Å². The minimum atomic E-state index is -2.71. The van der Waals surface area contributed by atoms with Crippen molar-refractivity contribution in [1.82, 2.24) is 0 Å². The van der Waals surface area contributed by atoms with Gasteiger partial charge in [0.2, 0.25) is 0 Å². The van der Waals surface area contributed by atoms with Gasteiger partial charge in [-0.3, -0.25) is 4.79 Å². The second-order valence-corrected chi connectivity index (χ2v) is 12.4. The summed E-state index contributed by atoms with van der Waals surface area (Å²) in [6, 6.07) is 1.21. The summed E-state index contributed by atoms with van der Waals surface area (Å²) in [5.74, 6) is -0.311. The van der Waals surface area contributed by atoms with E-state index >= 15 is 0 Å². The van der Waals surface area contributed by atoms with E-state index in [1.807, 2.05) is 0 Å². The second-order valence-electron chi connectivity index (χ2n) is 6.18. The first-order valence-electron chi connectivity index (χ1n) is 8.14. The molecule has 0 spiro atoms. The molecule has 10 heteroatoms. The summed E-state index contributed by atoms with van der Waals surface area (Å²) >= 11 is 0. The number of rotatable bonds is 14. The fraction of sp³-hybridized carbons (Fsp3) is 0.933. The molecule has 0 heterocycles. The van der Waals surface area contributed by atoms with Crippen molar-refractivity contribution in [1.29, 1.82) is 0 Å². The van der Waals surface area contributed by atoms with E-state index in [1.54, 1.807) is 42.7 Å². The minimum absolute atomic E-state index is 0.283. The Bertz CT molecular complexity index is 345. The first-order chi connectivity index (χ1) is 11.7. The zero-order valence-electron chi connectivity index (χ0n) is 16.8. The molecule has 0 amide bonds. The van der Waals surface area contributed by atoms with E-state index < -0.39 is 17.6 Å². The van der Waals surface area contributed by atoms with Gasteiger partial charge < -0.3 is 31.3 Å². The maximum absolute atomic E-state index is 11.3. The Morgan fingerprint density at radius 1 is 0.760 bits per heavy atom. The molecule has 25 heavy (non-hydrogen) atoms. The van der Waals surface area contributed by atoms with Gasteiger partial charge in [0.1, 0.15) is 0 Å². The Morgan fingerprint density at radius 2 is 1.08 bits per heavy atom. The summed E-state index contributed by atoms with van der Waals surface area (Å²) < 4.78 is 38.2. The fourth-order valence-electron chi connectivity index (χ4n) is 2.57. The zero-order valence-corrected chi connectivity index (χ0v) is 18.8. The predicted octanol–water partition coefficient (Wildman–Crippen LogP) is 2.09. The van der Waals surface area contributed by atoms with Crippen LogP contribution < -0.4 is 0 Å². The summed E-state index contributed by atoms with van der Waals surface area (Å²) in [5.41, 5.74) is -0.312. The number of hydrogen-bond acceptors (Lipinski definition) is 8. The molecule has 0 aliphatic rings. The third-order valence-electron chi connectivity index (χ3n) is 4.56. The summed E-state index contributed by atoms with van der Waals surface area (Å²) in [7, 11) is 4.10. The topological polar surface area (TPSA) is 81.7 Å². The Morgan fingerprint density at radius 3 is 1.32 bits per heavy atom. The van der Waals surface area contributed by atoms with Crippen LogP contribution in [0.1, 0.15) is 26.7 Å². The largest absolute Gasteiger partial charge is 0.500 e. The van der Waals surface area contributed by atoms with Gasteiger partial charge in [-0.05, 0) is 12.8 Å². The molecule has 0 atom stereocenters. The Balaban J connectivity index is 5.13. The van der Waals surface area contributed by atoms with E-state index in [0.717, 1.165) is 0 Å². The van der Waals surface area contributed by atoms with Crippen molar-refractivity contribution in [2.75, 3.05) is 49.3 Å². The molecule has 8 nitrogen and oxygen atoms in total. The molecule has 0 radical (unpaired) electrons. The Hall–Kier alpha value is -0.336. The van der Waals surface area contributed by atoms with Crippen LogP contribution in [0.5, 0.6) is 0 Å². The number of carbonyl (C=O) groups is 1. The molecule has 0 fully saturated rings. The number of esters is 1. The summed E-state index contributed by atoms with van der Waals surface area (Å²) in [6.07, 6.45) is 1.40. The molecule has 0 bridgehead atoms. The number of ether oxygens (including phenoxy) is 1. The van der Waals surface area contributed by atoms with Crippen molar-refractivity contribution < 1.29 is 36.1 Å². The van der Waals surface area contributed by atoms with Crippen molar-refractivity contribution >= 4 is 23.6 Å². The predicted molar refractivity (Wildman–Crippen MR) is 97.2 cm³/mol. The molecule has 0 unspecified atom stereocenters. The lowest BCUT2D eigenvalue weighted by Gasteiger charge is -2.34. The maximum Gasteiger partial charge on any atom is 0.500 e. The van der Waals surface area contributed by atoms with Crippen molar-refractivity contribution in [2.45, 2.75) is 38.8 Å². The van der Waals surface area contributed by atoms with Gasteiger partial charge in [-0.15, -0.1) is 0 Å². The highest BCUT2D eigenvalue weighted by atomic mass is 28.4. The van der Waals surface area contributed by atoms with Crippen molar-refractivity contribution in [3.63, 3.8) is 0 Å². The summed E-state index contributed by atoms with van der Waals surface area (Å²) in [6.45, 7) is 3.74. The van der Waals surface area contributed by atoms with E-state index in [2.05, 4.69) is 6.92 Å². The Kier molecular flexibility index (Phi) is 11.2. The van der Waals surface area contributed by atoms with Crippen LogP contribution in [0.15, 0.2) is 0 Å². The first kappa shape index (κ1) is 24.7. The maximum atomic E-state index is 11.3. The molecule has 0 saturated carbocycles. The second kappa shape index (κ2) is 11.4. The summed E-state index contributed by atoms with van der Waals surface area (Å²) in [5, 5.41) is 0. The molecule has 0 aliphatic carbocycles. The molecule has 0 N–H and O–H groups in total. The van der Waals surface area contributed by atoms with Gasteiger partial charge in [0.25, 0.3) is 0 Å². The molecular weight excluding hydrogens is 364 g/mol. The SMILES string of the molecule is CO[Si](CCC(C)(CC[Si](OC)(OC)OC)COC(C)=O)(OC)OC. The lowest BCUT2D eigenvalue weighted by molar-refractivity contribution is -0.144. The van der Waals surface area contributed by atoms with E-state index in [-0.39, 0.29) is 18.0 Å². The third kappa shape index (κ3) is 7.83. The van der Waals surface area contributed by atoms with Crippen LogP contribution in [0.2, 0.25) is 12.1 Å². The van der Waals surface area contributed by atoms with Crippen LogP contribution >= 0.6 is 0 Å². The molecule has 0 aromatic carbocycles. The first-order valence-corrected chi connectivity index (χ1v) is 12.0. The van der Waals surface area contributed by atoms with Crippen LogP contribution in [0.25, 0.3) is 0 Å². The van der Waals surface area contributed by atoms with Gasteiger partial charge >= 0.3 is 23.6 Å². The van der Waals surface area contributed by atoms with Crippen molar-refractivity contribution in [2.24, 2.45) is 5.41 Å². The monoisotopic (exact) mass is 398 g/mol. The molecule has 0 aromatic heterocycles. The quantitative estimate of drug-likeness (QED) is 0.325. The highest BCUT2D eigenvalue weighted by molar-refractivity contribution is 6.61. The van der Waals surface area contributed by atoms with Gasteiger partial charge in [0.15, 0.2) is 0 Å². The summed E-state index contributed by atoms with van der Waals surface area (Å²) in [4.78, 5) is 11.3. The molecule has 0 aromatic rings. The lowest BCUT2D eigenvalue weighted by atomic mass is 9.85. The fourth-order valence-corrected chi connectivity index (χ4v) is 6.61. The highest BCUT2D eigenvalue weighted by Gasteiger charge is 2.44. The number of hydrogen-bond donors (Lipinski definition) is 0. The standard InChI is InChI=1S/C15H34O8Si2/c1-14(16)23-13-15(2,9-11-24(17-3,18-4)19-5)10-12-25(20-6,21-7)22-8/h9-13H2,1-8H3. The molecule has 0 aliphatic heterocycles. The van der Waals surface area contributed by atoms with E-state index in [0.29, 0.717) is 24.9 Å². The number of carbonyl (C=O) groups excluding carboxylic acids is 1. The molecule has 0 rings (SSSR count).